The van der Waals surface area contributed by atoms with Gasteiger partial charge in [0.05, 0.1) is 14.2 Å². The van der Waals surface area contributed by atoms with Crippen LogP contribution in [0.3, 0.4) is 0 Å². The van der Waals surface area contributed by atoms with Gasteiger partial charge in [-0.1, -0.05) is 18.2 Å². The van der Waals surface area contributed by atoms with E-state index in [0.717, 1.165) is 5.69 Å². The van der Waals surface area contributed by atoms with Crippen molar-refractivity contribution in [3.63, 3.8) is 0 Å². The minimum Gasteiger partial charge on any atom is -0.488 e. The number of para-hydroxylation sites is 1. The van der Waals surface area contributed by atoms with Crippen molar-refractivity contribution in [3.8, 4) is 17.3 Å². The molecule has 0 aliphatic rings. The summed E-state index contributed by atoms with van der Waals surface area (Å²) >= 11 is 0. The van der Waals surface area contributed by atoms with Gasteiger partial charge >= 0.3 is 5.88 Å². The van der Waals surface area contributed by atoms with E-state index in [-0.39, 0.29) is 0 Å². The molecule has 3 heteroatoms. The topological polar surface area (TPSA) is 22.3 Å². The number of aromatic nitrogens is 1. The van der Waals surface area contributed by atoms with E-state index in [4.69, 9.17) is 9.47 Å². The quantitative estimate of drug-likeness (QED) is 0.732. The minimum absolute atomic E-state index is 0.691. The average Bonchev–Trinajstić information content (AvgIpc) is 2.38. The third-order valence-corrected chi connectivity index (χ3v) is 2.36. The number of ether oxygens (including phenoxy) is 2. The van der Waals surface area contributed by atoms with E-state index in [1.165, 1.54) is 0 Å². The van der Waals surface area contributed by atoms with Gasteiger partial charge in [0.15, 0.2) is 6.20 Å². The van der Waals surface area contributed by atoms with E-state index in [9.17, 15) is 0 Å². The second-order valence-electron chi connectivity index (χ2n) is 3.29. The van der Waals surface area contributed by atoms with Gasteiger partial charge in [-0.3, -0.25) is 0 Å². The molecule has 1 aromatic carbocycles. The van der Waals surface area contributed by atoms with Gasteiger partial charge in [-0.05, 0) is 6.07 Å². The molecule has 0 atom stereocenters. The maximum Gasteiger partial charge on any atom is 0.417 e. The summed E-state index contributed by atoms with van der Waals surface area (Å²) in [5, 5.41) is 0. The number of rotatable bonds is 3. The Morgan fingerprint density at radius 2 is 1.62 bits per heavy atom. The lowest BCUT2D eigenvalue weighted by Crippen LogP contribution is -2.32. The predicted molar refractivity (Wildman–Crippen MR) is 61.1 cm³/mol. The van der Waals surface area contributed by atoms with Gasteiger partial charge in [0.2, 0.25) is 11.4 Å². The molecule has 0 unspecified atom stereocenters. The van der Waals surface area contributed by atoms with E-state index >= 15 is 0 Å². The second kappa shape index (κ2) is 4.66. The molecular formula is C13H14NO2+. The first-order valence-corrected chi connectivity index (χ1v) is 5.05. The van der Waals surface area contributed by atoms with Gasteiger partial charge in [0, 0.05) is 18.2 Å². The first-order chi connectivity index (χ1) is 7.86. The monoisotopic (exact) mass is 216 g/mol. The van der Waals surface area contributed by atoms with Crippen LogP contribution in [0.5, 0.6) is 11.6 Å². The zero-order valence-corrected chi connectivity index (χ0v) is 9.38. The largest absolute Gasteiger partial charge is 0.488 e. The second-order valence-corrected chi connectivity index (χ2v) is 3.29. The summed E-state index contributed by atoms with van der Waals surface area (Å²) in [5.41, 5.74) is 1.04. The molecule has 0 spiro atoms. The van der Waals surface area contributed by atoms with Crippen LogP contribution >= 0.6 is 0 Å². The lowest BCUT2D eigenvalue weighted by atomic mass is 10.3. The predicted octanol–water partition coefficient (Wildman–Crippen LogP) is 1.98. The van der Waals surface area contributed by atoms with Crippen molar-refractivity contribution < 1.29 is 14.0 Å². The molecule has 1 aromatic heterocycles. The van der Waals surface area contributed by atoms with Gasteiger partial charge < -0.3 is 9.47 Å². The van der Waals surface area contributed by atoms with Gasteiger partial charge in [-0.25, -0.2) is 0 Å². The molecule has 82 valence electrons. The molecule has 0 radical (unpaired) electrons. The number of benzene rings is 1. The lowest BCUT2D eigenvalue weighted by molar-refractivity contribution is -0.603. The maximum atomic E-state index is 5.36. The molecule has 3 nitrogen and oxygen atoms in total. The lowest BCUT2D eigenvalue weighted by Gasteiger charge is -2.05. The molecule has 0 amide bonds. The van der Waals surface area contributed by atoms with Crippen LogP contribution in [0, 0.1) is 0 Å². The molecule has 0 fully saturated rings. The molecule has 0 N–H and O–H groups in total. The fraction of sp³-hybridized carbons (Fsp3) is 0.154. The van der Waals surface area contributed by atoms with Crippen LogP contribution in [0.25, 0.3) is 5.69 Å². The van der Waals surface area contributed by atoms with Gasteiger partial charge in [-0.2, -0.15) is 0 Å². The molecule has 0 aliphatic carbocycles. The Morgan fingerprint density at radius 1 is 0.875 bits per heavy atom. The third kappa shape index (κ3) is 1.84. The summed E-state index contributed by atoms with van der Waals surface area (Å²) in [7, 11) is 3.27. The summed E-state index contributed by atoms with van der Waals surface area (Å²) in [6.07, 6.45) is 1.94. The van der Waals surface area contributed by atoms with E-state index in [1.807, 2.05) is 53.2 Å². The maximum absolute atomic E-state index is 5.36. The SMILES string of the molecule is COc1ccc[n+](-c2ccccc2)c1OC. The van der Waals surface area contributed by atoms with Crippen molar-refractivity contribution in [3.05, 3.63) is 48.7 Å². The first kappa shape index (κ1) is 10.5. The first-order valence-electron chi connectivity index (χ1n) is 5.05. The highest BCUT2D eigenvalue weighted by Gasteiger charge is 2.19. The van der Waals surface area contributed by atoms with Crippen LogP contribution in [-0.2, 0) is 0 Å². The number of methoxy groups -OCH3 is 2. The summed E-state index contributed by atoms with van der Waals surface area (Å²) in [6, 6.07) is 13.8. The summed E-state index contributed by atoms with van der Waals surface area (Å²) in [6.45, 7) is 0. The summed E-state index contributed by atoms with van der Waals surface area (Å²) < 4.78 is 12.6. The van der Waals surface area contributed by atoms with Crippen molar-refractivity contribution in [1.82, 2.24) is 0 Å². The van der Waals surface area contributed by atoms with Gasteiger partial charge in [0.25, 0.3) is 0 Å². The fourth-order valence-electron chi connectivity index (χ4n) is 1.62. The van der Waals surface area contributed by atoms with Gasteiger partial charge in [-0.15, -0.1) is 4.57 Å². The molecule has 0 saturated heterocycles. The van der Waals surface area contributed by atoms with Crippen LogP contribution in [-0.4, -0.2) is 14.2 Å². The Hall–Kier alpha value is -2.03. The molecule has 2 rings (SSSR count). The van der Waals surface area contributed by atoms with E-state index < -0.39 is 0 Å². The Labute approximate surface area is 94.9 Å². The number of pyridine rings is 1. The van der Waals surface area contributed by atoms with Crippen LogP contribution in [0.1, 0.15) is 0 Å². The standard InChI is InChI=1S/C13H14NO2/c1-15-12-9-6-10-14(13(12)16-2)11-7-4-3-5-8-11/h3-10H,1-2H3/q+1. The number of hydrogen-bond acceptors (Lipinski definition) is 2. The third-order valence-electron chi connectivity index (χ3n) is 2.36. The minimum atomic E-state index is 0.691. The van der Waals surface area contributed by atoms with E-state index in [0.29, 0.717) is 11.6 Å². The van der Waals surface area contributed by atoms with Gasteiger partial charge in [0.1, 0.15) is 0 Å². The van der Waals surface area contributed by atoms with Crippen molar-refractivity contribution in [2.24, 2.45) is 0 Å². The highest BCUT2D eigenvalue weighted by molar-refractivity contribution is 5.32. The molecule has 0 saturated carbocycles. The smallest absolute Gasteiger partial charge is 0.417 e. The Kier molecular flexibility index (Phi) is 3.05. The molecular weight excluding hydrogens is 202 g/mol. The van der Waals surface area contributed by atoms with Crippen molar-refractivity contribution in [1.29, 1.82) is 0 Å². The van der Waals surface area contributed by atoms with Crippen LogP contribution in [0.2, 0.25) is 0 Å². The number of hydrogen-bond donors (Lipinski definition) is 0. The Morgan fingerprint density at radius 3 is 2.25 bits per heavy atom. The number of nitrogens with zero attached hydrogens (tertiary/aromatic N) is 1. The molecule has 2 aromatic rings. The molecule has 0 aliphatic heterocycles. The zero-order valence-electron chi connectivity index (χ0n) is 9.38. The average molecular weight is 216 g/mol. The molecule has 0 bridgehead atoms. The van der Waals surface area contributed by atoms with E-state index in [2.05, 4.69) is 0 Å². The molecule has 1 heterocycles. The summed E-state index contributed by atoms with van der Waals surface area (Å²) in [4.78, 5) is 0. The van der Waals surface area contributed by atoms with Crippen LogP contribution in [0.15, 0.2) is 48.7 Å². The van der Waals surface area contributed by atoms with Crippen molar-refractivity contribution in [2.45, 2.75) is 0 Å². The highest BCUT2D eigenvalue weighted by atomic mass is 16.5. The Bertz CT molecular complexity index is 469. The van der Waals surface area contributed by atoms with Crippen molar-refractivity contribution >= 4 is 0 Å². The zero-order chi connectivity index (χ0) is 11.4. The molecule has 16 heavy (non-hydrogen) atoms. The Balaban J connectivity index is 2.57. The van der Waals surface area contributed by atoms with Crippen molar-refractivity contribution in [2.75, 3.05) is 14.2 Å². The highest BCUT2D eigenvalue weighted by Crippen LogP contribution is 2.22. The van der Waals surface area contributed by atoms with Crippen LogP contribution < -0.4 is 14.0 Å². The fourth-order valence-corrected chi connectivity index (χ4v) is 1.62. The van der Waals surface area contributed by atoms with Crippen LogP contribution in [0.4, 0.5) is 0 Å². The van der Waals surface area contributed by atoms with E-state index in [1.54, 1.807) is 14.2 Å². The normalized spacial score (nSPS) is 9.88. The summed E-state index contributed by atoms with van der Waals surface area (Å²) in [5.74, 6) is 1.41.